The van der Waals surface area contributed by atoms with Crippen molar-refractivity contribution in [1.29, 1.82) is 0 Å². The first-order chi connectivity index (χ1) is 14.5. The van der Waals surface area contributed by atoms with Gasteiger partial charge in [0.15, 0.2) is 0 Å². The number of fused-ring (bicyclic) bond motifs is 1. The van der Waals surface area contributed by atoms with E-state index in [0.717, 1.165) is 0 Å². The molecule has 2 aromatic carbocycles. The summed E-state index contributed by atoms with van der Waals surface area (Å²) in [6, 6.07) is 10.1. The summed E-state index contributed by atoms with van der Waals surface area (Å²) in [6.45, 7) is -0.0890. The highest BCUT2D eigenvalue weighted by Crippen LogP contribution is 2.39. The van der Waals surface area contributed by atoms with Crippen LogP contribution in [0, 0.1) is 0 Å². The third-order valence-electron chi connectivity index (χ3n) is 4.64. The van der Waals surface area contributed by atoms with Gasteiger partial charge in [-0.3, -0.25) is 14.4 Å². The number of amides is 3. The normalized spacial score (nSPS) is 14.9. The molecule has 0 aliphatic carbocycles. The van der Waals surface area contributed by atoms with Crippen molar-refractivity contribution in [3.05, 3.63) is 42.0 Å². The zero-order valence-corrected chi connectivity index (χ0v) is 16.9. The Hall–Kier alpha value is -3.59. The molecule has 1 unspecified atom stereocenters. The van der Waals surface area contributed by atoms with Gasteiger partial charge in [-0.05, 0) is 23.8 Å². The molecule has 0 saturated heterocycles. The lowest BCUT2D eigenvalue weighted by Crippen LogP contribution is -2.31. The molecule has 0 saturated carbocycles. The fraction of sp³-hybridized carbons (Fsp3) is 0.286. The molecule has 158 valence electrons. The SMILES string of the molecule is COCC(=O)Nc1ccc(NC(=O)C2CC(=O)Nc3c(OC)cccc32)cc1OC. The standard InChI is InChI=1S/C21H23N3O6/c1-28-11-19(26)23-15-8-7-12(9-17(15)30-3)22-21(27)14-10-18(25)24-20-13(14)5-4-6-16(20)29-2/h4-9,14H,10-11H2,1-3H3,(H,22,27)(H,23,26)(H,24,25). The van der Waals surface area contributed by atoms with Gasteiger partial charge in [-0.25, -0.2) is 0 Å². The summed E-state index contributed by atoms with van der Waals surface area (Å²) >= 11 is 0. The lowest BCUT2D eigenvalue weighted by Gasteiger charge is -2.26. The minimum absolute atomic E-state index is 0.0221. The molecule has 1 aliphatic rings. The Kier molecular flexibility index (Phi) is 6.53. The van der Waals surface area contributed by atoms with E-state index in [1.807, 2.05) is 0 Å². The third kappa shape index (κ3) is 4.52. The van der Waals surface area contributed by atoms with Crippen LogP contribution in [0.3, 0.4) is 0 Å². The molecule has 2 aromatic rings. The van der Waals surface area contributed by atoms with Gasteiger partial charge in [0.2, 0.25) is 17.7 Å². The van der Waals surface area contributed by atoms with E-state index in [2.05, 4.69) is 16.0 Å². The van der Waals surface area contributed by atoms with Crippen LogP contribution in [-0.4, -0.2) is 45.7 Å². The van der Waals surface area contributed by atoms with E-state index in [1.165, 1.54) is 21.3 Å². The number of hydrogen-bond acceptors (Lipinski definition) is 6. The highest BCUT2D eigenvalue weighted by Gasteiger charge is 2.32. The van der Waals surface area contributed by atoms with Crippen LogP contribution in [0.1, 0.15) is 17.9 Å². The molecular weight excluding hydrogens is 390 g/mol. The van der Waals surface area contributed by atoms with Crippen LogP contribution in [0.25, 0.3) is 0 Å². The maximum absolute atomic E-state index is 13.0. The predicted molar refractivity (Wildman–Crippen MR) is 111 cm³/mol. The second-order valence-corrected chi connectivity index (χ2v) is 6.61. The summed E-state index contributed by atoms with van der Waals surface area (Å²) in [4.78, 5) is 36.8. The lowest BCUT2D eigenvalue weighted by atomic mass is 9.89. The van der Waals surface area contributed by atoms with Crippen molar-refractivity contribution in [2.24, 2.45) is 0 Å². The molecule has 3 rings (SSSR count). The fourth-order valence-corrected chi connectivity index (χ4v) is 3.28. The van der Waals surface area contributed by atoms with Gasteiger partial charge < -0.3 is 30.2 Å². The zero-order valence-electron chi connectivity index (χ0n) is 16.9. The Bertz CT molecular complexity index is 975. The van der Waals surface area contributed by atoms with Crippen molar-refractivity contribution >= 4 is 34.8 Å². The summed E-state index contributed by atoms with van der Waals surface area (Å²) in [5, 5.41) is 8.25. The smallest absolute Gasteiger partial charge is 0.250 e. The quantitative estimate of drug-likeness (QED) is 0.642. The van der Waals surface area contributed by atoms with Gasteiger partial charge in [0.05, 0.1) is 31.5 Å². The number of methoxy groups -OCH3 is 3. The summed E-state index contributed by atoms with van der Waals surface area (Å²) in [7, 11) is 4.39. The van der Waals surface area contributed by atoms with Gasteiger partial charge in [-0.2, -0.15) is 0 Å². The molecule has 0 aromatic heterocycles. The number of rotatable bonds is 7. The molecule has 30 heavy (non-hydrogen) atoms. The molecule has 0 radical (unpaired) electrons. The van der Waals surface area contributed by atoms with E-state index < -0.39 is 5.92 Å². The minimum atomic E-state index is -0.670. The average Bonchev–Trinajstić information content (AvgIpc) is 2.73. The molecule has 3 N–H and O–H groups in total. The number of para-hydroxylation sites is 1. The number of benzene rings is 2. The molecule has 0 bridgehead atoms. The van der Waals surface area contributed by atoms with E-state index >= 15 is 0 Å². The van der Waals surface area contributed by atoms with Crippen molar-refractivity contribution < 1.29 is 28.6 Å². The maximum atomic E-state index is 13.0. The second-order valence-electron chi connectivity index (χ2n) is 6.61. The molecule has 1 atom stereocenters. The average molecular weight is 413 g/mol. The molecule has 1 aliphatic heterocycles. The van der Waals surface area contributed by atoms with E-state index in [1.54, 1.807) is 36.4 Å². The number of carbonyl (C=O) groups is 3. The minimum Gasteiger partial charge on any atom is -0.495 e. The van der Waals surface area contributed by atoms with Gasteiger partial charge >= 0.3 is 0 Å². The second kappa shape index (κ2) is 9.27. The number of ether oxygens (including phenoxy) is 3. The van der Waals surface area contributed by atoms with Crippen LogP contribution >= 0.6 is 0 Å². The fourth-order valence-electron chi connectivity index (χ4n) is 3.28. The Balaban J connectivity index is 1.81. The molecule has 0 spiro atoms. The van der Waals surface area contributed by atoms with Gasteiger partial charge in [0.25, 0.3) is 0 Å². The summed E-state index contributed by atoms with van der Waals surface area (Å²) in [5.74, 6) is -0.724. The Morgan fingerprint density at radius 2 is 1.83 bits per heavy atom. The molecular formula is C21H23N3O6. The van der Waals surface area contributed by atoms with E-state index in [-0.39, 0.29) is 30.7 Å². The first-order valence-electron chi connectivity index (χ1n) is 9.21. The van der Waals surface area contributed by atoms with Crippen molar-refractivity contribution in [3.63, 3.8) is 0 Å². The predicted octanol–water partition coefficient (Wildman–Crippen LogP) is 2.35. The van der Waals surface area contributed by atoms with E-state index in [4.69, 9.17) is 14.2 Å². The molecule has 9 heteroatoms. The number of hydrogen-bond donors (Lipinski definition) is 3. The summed E-state index contributed by atoms with van der Waals surface area (Å²) in [6.07, 6.45) is 0.0221. The van der Waals surface area contributed by atoms with Gasteiger partial charge in [-0.1, -0.05) is 12.1 Å². The topological polar surface area (TPSA) is 115 Å². The Morgan fingerprint density at radius 1 is 1.07 bits per heavy atom. The van der Waals surface area contributed by atoms with Gasteiger partial charge in [-0.15, -0.1) is 0 Å². The largest absolute Gasteiger partial charge is 0.495 e. The van der Waals surface area contributed by atoms with Crippen molar-refractivity contribution in [3.8, 4) is 11.5 Å². The Morgan fingerprint density at radius 3 is 2.53 bits per heavy atom. The van der Waals surface area contributed by atoms with Crippen LogP contribution in [0.2, 0.25) is 0 Å². The molecule has 3 amide bonds. The van der Waals surface area contributed by atoms with Gasteiger partial charge in [0.1, 0.15) is 18.1 Å². The molecule has 1 heterocycles. The van der Waals surface area contributed by atoms with Crippen LogP contribution < -0.4 is 25.4 Å². The van der Waals surface area contributed by atoms with Crippen LogP contribution in [0.4, 0.5) is 17.1 Å². The molecule has 0 fully saturated rings. The zero-order chi connectivity index (χ0) is 21.7. The van der Waals surface area contributed by atoms with E-state index in [9.17, 15) is 14.4 Å². The number of anilines is 3. The molecule has 9 nitrogen and oxygen atoms in total. The number of nitrogens with one attached hydrogen (secondary N) is 3. The van der Waals surface area contributed by atoms with Crippen LogP contribution in [0.5, 0.6) is 11.5 Å². The lowest BCUT2D eigenvalue weighted by molar-refractivity contribution is -0.123. The van der Waals surface area contributed by atoms with Crippen molar-refractivity contribution in [1.82, 2.24) is 0 Å². The number of carbonyl (C=O) groups excluding carboxylic acids is 3. The van der Waals surface area contributed by atoms with Crippen LogP contribution in [0.15, 0.2) is 36.4 Å². The third-order valence-corrected chi connectivity index (χ3v) is 4.64. The van der Waals surface area contributed by atoms with Crippen LogP contribution in [-0.2, 0) is 19.1 Å². The van der Waals surface area contributed by atoms with Gasteiger partial charge in [0, 0.05) is 25.3 Å². The first-order valence-corrected chi connectivity index (χ1v) is 9.21. The van der Waals surface area contributed by atoms with Crippen molar-refractivity contribution in [2.75, 3.05) is 43.9 Å². The monoisotopic (exact) mass is 413 g/mol. The highest BCUT2D eigenvalue weighted by atomic mass is 16.5. The Labute approximate surface area is 173 Å². The first kappa shape index (κ1) is 21.1. The maximum Gasteiger partial charge on any atom is 0.250 e. The highest BCUT2D eigenvalue weighted by molar-refractivity contribution is 6.06. The van der Waals surface area contributed by atoms with E-state index in [0.29, 0.717) is 34.1 Å². The van der Waals surface area contributed by atoms with Crippen molar-refractivity contribution in [2.45, 2.75) is 12.3 Å². The summed E-state index contributed by atoms with van der Waals surface area (Å²) < 4.78 is 15.4. The summed E-state index contributed by atoms with van der Waals surface area (Å²) in [5.41, 5.74) is 2.11.